The van der Waals surface area contributed by atoms with Crippen LogP contribution in [0.15, 0.2) is 30.3 Å². The quantitative estimate of drug-likeness (QED) is 0.729. The maximum atomic E-state index is 5.84. The molecular formula is C11H14ClN. The van der Waals surface area contributed by atoms with Crippen molar-refractivity contribution in [2.75, 3.05) is 13.1 Å². The maximum absolute atomic E-state index is 5.84. The normalized spacial score (nSPS) is 10.9. The smallest absolute Gasteiger partial charge is 0.0411 e. The summed E-state index contributed by atoms with van der Waals surface area (Å²) in [6.07, 6.45) is 4.16. The number of nitrogens with one attached hydrogen (secondary N) is 1. The van der Waals surface area contributed by atoms with Crippen LogP contribution in [-0.2, 0) is 0 Å². The molecule has 0 aliphatic heterocycles. The molecule has 13 heavy (non-hydrogen) atoms. The second-order valence-corrected chi connectivity index (χ2v) is 3.20. The minimum Gasteiger partial charge on any atom is -0.314 e. The van der Waals surface area contributed by atoms with Gasteiger partial charge in [0.15, 0.2) is 0 Å². The van der Waals surface area contributed by atoms with Crippen LogP contribution in [0.5, 0.6) is 0 Å². The first kappa shape index (κ1) is 10.3. The van der Waals surface area contributed by atoms with Crippen LogP contribution >= 0.6 is 11.6 Å². The molecule has 0 amide bonds. The molecule has 0 aliphatic rings. The van der Waals surface area contributed by atoms with Gasteiger partial charge in [0.25, 0.3) is 0 Å². The summed E-state index contributed by atoms with van der Waals surface area (Å²) < 4.78 is 0. The zero-order valence-corrected chi connectivity index (χ0v) is 8.51. The van der Waals surface area contributed by atoms with Crippen molar-refractivity contribution in [3.63, 3.8) is 0 Å². The van der Waals surface area contributed by atoms with Crippen LogP contribution in [-0.4, -0.2) is 13.1 Å². The van der Waals surface area contributed by atoms with Crippen molar-refractivity contribution < 1.29 is 0 Å². The predicted molar refractivity (Wildman–Crippen MR) is 59.0 cm³/mol. The molecule has 1 nitrogen and oxygen atoms in total. The Balaban J connectivity index is 2.48. The molecule has 0 fully saturated rings. The van der Waals surface area contributed by atoms with Crippen LogP contribution in [0.3, 0.4) is 0 Å². The standard InChI is InChI=1S/C11H14ClN/c1-2-13-8-4-6-10-5-3-7-11(12)9-10/h3-7,9,13H,2,8H2,1H3. The lowest BCUT2D eigenvalue weighted by Crippen LogP contribution is -2.11. The summed E-state index contributed by atoms with van der Waals surface area (Å²) in [5, 5.41) is 4.00. The molecule has 0 unspecified atom stereocenters. The minimum atomic E-state index is 0.783. The van der Waals surface area contributed by atoms with E-state index in [9.17, 15) is 0 Å². The Hall–Kier alpha value is -0.790. The fourth-order valence-corrected chi connectivity index (χ4v) is 1.23. The summed E-state index contributed by atoms with van der Waals surface area (Å²) >= 11 is 5.84. The average Bonchev–Trinajstić information content (AvgIpc) is 2.13. The highest BCUT2D eigenvalue weighted by Gasteiger charge is 1.87. The van der Waals surface area contributed by atoms with E-state index in [0.717, 1.165) is 23.7 Å². The van der Waals surface area contributed by atoms with Crippen molar-refractivity contribution in [3.05, 3.63) is 40.9 Å². The molecule has 0 saturated carbocycles. The van der Waals surface area contributed by atoms with E-state index in [0.29, 0.717) is 0 Å². The van der Waals surface area contributed by atoms with E-state index in [1.165, 1.54) is 0 Å². The van der Waals surface area contributed by atoms with Gasteiger partial charge < -0.3 is 5.32 Å². The number of halogens is 1. The molecule has 0 spiro atoms. The lowest BCUT2D eigenvalue weighted by Gasteiger charge is -1.95. The largest absolute Gasteiger partial charge is 0.314 e. The van der Waals surface area contributed by atoms with Crippen molar-refractivity contribution in [3.8, 4) is 0 Å². The summed E-state index contributed by atoms with van der Waals surface area (Å²) in [5.74, 6) is 0. The number of likely N-dealkylation sites (N-methyl/N-ethyl adjacent to an activating group) is 1. The monoisotopic (exact) mass is 195 g/mol. The molecule has 0 bridgehead atoms. The number of hydrogen-bond donors (Lipinski definition) is 1. The maximum Gasteiger partial charge on any atom is 0.0411 e. The summed E-state index contributed by atoms with van der Waals surface area (Å²) in [7, 11) is 0. The van der Waals surface area contributed by atoms with Crippen LogP contribution < -0.4 is 5.32 Å². The minimum absolute atomic E-state index is 0.783. The molecule has 70 valence electrons. The van der Waals surface area contributed by atoms with Crippen molar-refractivity contribution >= 4 is 17.7 Å². The highest BCUT2D eigenvalue weighted by molar-refractivity contribution is 6.30. The summed E-state index contributed by atoms with van der Waals surface area (Å²) in [5.41, 5.74) is 1.14. The van der Waals surface area contributed by atoms with Crippen molar-refractivity contribution in [1.29, 1.82) is 0 Å². The van der Waals surface area contributed by atoms with Gasteiger partial charge in [-0.15, -0.1) is 0 Å². The van der Waals surface area contributed by atoms with Crippen LogP contribution in [0, 0.1) is 0 Å². The lowest BCUT2D eigenvalue weighted by atomic mass is 10.2. The number of benzene rings is 1. The van der Waals surface area contributed by atoms with Gasteiger partial charge in [0.1, 0.15) is 0 Å². The molecular weight excluding hydrogens is 182 g/mol. The van der Waals surface area contributed by atoms with Gasteiger partial charge >= 0.3 is 0 Å². The molecule has 0 heterocycles. The Morgan fingerprint density at radius 2 is 2.31 bits per heavy atom. The fourth-order valence-electron chi connectivity index (χ4n) is 1.03. The third-order valence-electron chi connectivity index (χ3n) is 1.67. The van der Waals surface area contributed by atoms with Gasteiger partial charge in [-0.25, -0.2) is 0 Å². The van der Waals surface area contributed by atoms with Gasteiger partial charge in [-0.05, 0) is 24.2 Å². The van der Waals surface area contributed by atoms with E-state index in [4.69, 9.17) is 11.6 Å². The summed E-state index contributed by atoms with van der Waals surface area (Å²) in [6, 6.07) is 7.82. The van der Waals surface area contributed by atoms with Gasteiger partial charge in [0, 0.05) is 11.6 Å². The molecule has 1 rings (SSSR count). The molecule has 2 heteroatoms. The van der Waals surface area contributed by atoms with Gasteiger partial charge in [-0.1, -0.05) is 42.8 Å². The van der Waals surface area contributed by atoms with E-state index in [1.54, 1.807) is 0 Å². The lowest BCUT2D eigenvalue weighted by molar-refractivity contribution is 0.801. The van der Waals surface area contributed by atoms with E-state index >= 15 is 0 Å². The highest BCUT2D eigenvalue weighted by atomic mass is 35.5. The SMILES string of the molecule is CCNCC=Cc1cccc(Cl)c1. The van der Waals surface area contributed by atoms with E-state index in [1.807, 2.05) is 24.3 Å². The number of hydrogen-bond acceptors (Lipinski definition) is 1. The Morgan fingerprint density at radius 1 is 1.46 bits per heavy atom. The fraction of sp³-hybridized carbons (Fsp3) is 0.273. The van der Waals surface area contributed by atoms with Gasteiger partial charge in [0.05, 0.1) is 0 Å². The van der Waals surface area contributed by atoms with Crippen LogP contribution in [0.2, 0.25) is 5.02 Å². The zero-order chi connectivity index (χ0) is 9.52. The van der Waals surface area contributed by atoms with Crippen molar-refractivity contribution in [2.24, 2.45) is 0 Å². The van der Waals surface area contributed by atoms with Gasteiger partial charge in [-0.3, -0.25) is 0 Å². The molecule has 0 saturated heterocycles. The number of rotatable bonds is 4. The van der Waals surface area contributed by atoms with Gasteiger partial charge in [0.2, 0.25) is 0 Å². The Morgan fingerprint density at radius 3 is 3.00 bits per heavy atom. The zero-order valence-electron chi connectivity index (χ0n) is 7.76. The Bertz CT molecular complexity index is 281. The first-order chi connectivity index (χ1) is 6.33. The molecule has 0 aliphatic carbocycles. The van der Waals surface area contributed by atoms with Gasteiger partial charge in [-0.2, -0.15) is 0 Å². The van der Waals surface area contributed by atoms with Crippen LogP contribution in [0.25, 0.3) is 6.08 Å². The van der Waals surface area contributed by atoms with Crippen LogP contribution in [0.1, 0.15) is 12.5 Å². The van der Waals surface area contributed by atoms with E-state index in [-0.39, 0.29) is 0 Å². The first-order valence-corrected chi connectivity index (χ1v) is 4.83. The summed E-state index contributed by atoms with van der Waals surface area (Å²) in [6.45, 7) is 4.00. The van der Waals surface area contributed by atoms with E-state index < -0.39 is 0 Å². The predicted octanol–water partition coefficient (Wildman–Crippen LogP) is 2.96. The summed E-state index contributed by atoms with van der Waals surface area (Å²) in [4.78, 5) is 0. The molecule has 0 radical (unpaired) electrons. The first-order valence-electron chi connectivity index (χ1n) is 4.45. The molecule has 1 N–H and O–H groups in total. The Kier molecular flexibility index (Phi) is 4.58. The third kappa shape index (κ3) is 4.11. The van der Waals surface area contributed by atoms with E-state index in [2.05, 4.69) is 24.4 Å². The third-order valence-corrected chi connectivity index (χ3v) is 1.91. The Labute approximate surface area is 84.4 Å². The molecule has 0 atom stereocenters. The molecule has 1 aromatic carbocycles. The second-order valence-electron chi connectivity index (χ2n) is 2.77. The van der Waals surface area contributed by atoms with Crippen molar-refractivity contribution in [1.82, 2.24) is 5.32 Å². The van der Waals surface area contributed by atoms with Crippen molar-refractivity contribution in [2.45, 2.75) is 6.92 Å². The molecule has 1 aromatic rings. The second kappa shape index (κ2) is 5.79. The van der Waals surface area contributed by atoms with Crippen LogP contribution in [0.4, 0.5) is 0 Å². The topological polar surface area (TPSA) is 12.0 Å². The highest BCUT2D eigenvalue weighted by Crippen LogP contribution is 2.11. The average molecular weight is 196 g/mol. The molecule has 0 aromatic heterocycles.